The molecule has 0 unspecified atom stereocenters. The van der Waals surface area contributed by atoms with Crippen LogP contribution in [-0.2, 0) is 4.79 Å². The third-order valence-electron chi connectivity index (χ3n) is 3.15. The summed E-state index contributed by atoms with van der Waals surface area (Å²) < 4.78 is 25.6. The lowest BCUT2D eigenvalue weighted by molar-refractivity contribution is -0.148. The van der Waals surface area contributed by atoms with E-state index in [9.17, 15) is 18.4 Å². The van der Waals surface area contributed by atoms with E-state index in [1.807, 2.05) is 0 Å². The maximum atomic E-state index is 12.9. The molecule has 0 atom stereocenters. The first-order chi connectivity index (χ1) is 8.93. The summed E-state index contributed by atoms with van der Waals surface area (Å²) in [4.78, 5) is 22.7. The van der Waals surface area contributed by atoms with Crippen LogP contribution in [0.1, 0.15) is 19.3 Å². The van der Waals surface area contributed by atoms with Crippen LogP contribution in [0, 0.1) is 11.6 Å². The Morgan fingerprint density at radius 2 is 1.89 bits per heavy atom. The Labute approximate surface area is 107 Å². The molecule has 2 amide bonds. The van der Waals surface area contributed by atoms with E-state index in [1.165, 1.54) is 6.07 Å². The maximum absolute atomic E-state index is 12.9. The highest BCUT2D eigenvalue weighted by Crippen LogP contribution is 2.32. The molecule has 0 spiro atoms. The highest BCUT2D eigenvalue weighted by Gasteiger charge is 2.45. The number of hydrogen-bond acceptors (Lipinski definition) is 2. The van der Waals surface area contributed by atoms with Crippen molar-refractivity contribution >= 4 is 17.7 Å². The molecule has 1 saturated carbocycles. The fourth-order valence-electron chi connectivity index (χ4n) is 1.88. The summed E-state index contributed by atoms with van der Waals surface area (Å²) in [5.41, 5.74) is -1.20. The molecule has 0 heterocycles. The zero-order valence-electron chi connectivity index (χ0n) is 9.87. The van der Waals surface area contributed by atoms with Crippen molar-refractivity contribution in [3.63, 3.8) is 0 Å². The summed E-state index contributed by atoms with van der Waals surface area (Å²) in [6.07, 6.45) is 1.43. The summed E-state index contributed by atoms with van der Waals surface area (Å²) in [5.74, 6) is -3.21. The normalized spacial score (nSPS) is 16.3. The molecule has 0 aromatic heterocycles. The first-order valence-electron chi connectivity index (χ1n) is 5.70. The number of halogens is 2. The molecule has 102 valence electrons. The summed E-state index contributed by atoms with van der Waals surface area (Å²) >= 11 is 0. The van der Waals surface area contributed by atoms with Crippen LogP contribution in [0.3, 0.4) is 0 Å². The molecule has 1 aromatic rings. The Balaban J connectivity index is 2.01. The molecule has 0 bridgehead atoms. The first kappa shape index (κ1) is 13.3. The lowest BCUT2D eigenvalue weighted by atomic mass is 9.77. The zero-order chi connectivity index (χ0) is 14.0. The molecule has 1 aromatic carbocycles. The summed E-state index contributed by atoms with van der Waals surface area (Å²) in [6, 6.07) is 2.13. The van der Waals surface area contributed by atoms with E-state index < -0.39 is 29.2 Å². The van der Waals surface area contributed by atoms with Crippen molar-refractivity contribution in [1.82, 2.24) is 5.32 Å². The van der Waals surface area contributed by atoms with E-state index in [1.54, 1.807) is 0 Å². The summed E-state index contributed by atoms with van der Waals surface area (Å²) in [6.45, 7) is 0. The number of hydrogen-bond donors (Lipinski definition) is 3. The van der Waals surface area contributed by atoms with Crippen molar-refractivity contribution in [2.75, 3.05) is 5.32 Å². The van der Waals surface area contributed by atoms with Crippen molar-refractivity contribution in [2.24, 2.45) is 0 Å². The molecule has 5 nitrogen and oxygen atoms in total. The zero-order valence-corrected chi connectivity index (χ0v) is 9.87. The van der Waals surface area contributed by atoms with E-state index in [0.717, 1.165) is 18.6 Å². The smallest absolute Gasteiger partial charge is 0.329 e. The molecule has 3 N–H and O–H groups in total. The van der Waals surface area contributed by atoms with Gasteiger partial charge in [-0.1, -0.05) is 0 Å². The van der Waals surface area contributed by atoms with Gasteiger partial charge >= 0.3 is 12.0 Å². The van der Waals surface area contributed by atoms with Crippen LogP contribution in [0.25, 0.3) is 0 Å². The third-order valence-corrected chi connectivity index (χ3v) is 3.15. The highest BCUT2D eigenvalue weighted by molar-refractivity contribution is 5.94. The Hall–Kier alpha value is -2.18. The maximum Gasteiger partial charge on any atom is 0.329 e. The number of aliphatic carboxylic acids is 1. The van der Waals surface area contributed by atoms with E-state index >= 15 is 0 Å². The van der Waals surface area contributed by atoms with Gasteiger partial charge in [-0.05, 0) is 31.4 Å². The minimum atomic E-state index is -1.25. The monoisotopic (exact) mass is 270 g/mol. The topological polar surface area (TPSA) is 78.4 Å². The fourth-order valence-corrected chi connectivity index (χ4v) is 1.88. The van der Waals surface area contributed by atoms with Gasteiger partial charge in [0.25, 0.3) is 0 Å². The predicted octanol–water partition coefficient (Wildman–Crippen LogP) is 2.09. The molecule has 2 rings (SSSR count). The Kier molecular flexibility index (Phi) is 3.37. The van der Waals surface area contributed by atoms with E-state index in [4.69, 9.17) is 5.11 Å². The largest absolute Gasteiger partial charge is 0.480 e. The molecule has 1 fully saturated rings. The van der Waals surface area contributed by atoms with Gasteiger partial charge in [-0.25, -0.2) is 18.4 Å². The first-order valence-corrected chi connectivity index (χ1v) is 5.70. The van der Waals surface area contributed by atoms with E-state index in [2.05, 4.69) is 10.6 Å². The molecule has 0 aliphatic heterocycles. The van der Waals surface area contributed by atoms with Gasteiger partial charge in [0.05, 0.1) is 0 Å². The van der Waals surface area contributed by atoms with E-state index in [0.29, 0.717) is 12.8 Å². The highest BCUT2D eigenvalue weighted by atomic mass is 19.2. The Morgan fingerprint density at radius 1 is 1.21 bits per heavy atom. The quantitative estimate of drug-likeness (QED) is 0.787. The number of nitrogens with one attached hydrogen (secondary N) is 2. The van der Waals surface area contributed by atoms with Gasteiger partial charge in [0.1, 0.15) is 5.54 Å². The molecular formula is C12H12F2N2O3. The fraction of sp³-hybridized carbons (Fsp3) is 0.333. The van der Waals surface area contributed by atoms with Crippen LogP contribution >= 0.6 is 0 Å². The number of anilines is 1. The van der Waals surface area contributed by atoms with Crippen molar-refractivity contribution < 1.29 is 23.5 Å². The van der Waals surface area contributed by atoms with Crippen molar-refractivity contribution in [2.45, 2.75) is 24.8 Å². The molecule has 19 heavy (non-hydrogen) atoms. The number of urea groups is 1. The van der Waals surface area contributed by atoms with Gasteiger partial charge in [0.2, 0.25) is 0 Å². The van der Waals surface area contributed by atoms with Crippen LogP contribution in [0.5, 0.6) is 0 Å². The Morgan fingerprint density at radius 3 is 2.37 bits per heavy atom. The SMILES string of the molecule is O=C(Nc1ccc(F)c(F)c1)NC1(C(=O)O)CCC1. The van der Waals surface area contributed by atoms with Crippen molar-refractivity contribution in [1.29, 1.82) is 0 Å². The van der Waals surface area contributed by atoms with Gasteiger partial charge in [0.15, 0.2) is 11.6 Å². The third kappa shape index (κ3) is 2.64. The standard InChI is InChI=1S/C12H12F2N2O3/c13-8-3-2-7(6-9(8)14)15-11(19)16-12(10(17)18)4-1-5-12/h2-3,6H,1,4-5H2,(H,17,18)(H2,15,16,19). The number of carboxylic acid groups (broad SMARTS) is 1. The van der Waals surface area contributed by atoms with Gasteiger partial charge in [-0.15, -0.1) is 0 Å². The molecule has 1 aliphatic rings. The van der Waals surface area contributed by atoms with Gasteiger partial charge in [0, 0.05) is 11.8 Å². The minimum Gasteiger partial charge on any atom is -0.480 e. The number of carbonyl (C=O) groups excluding carboxylic acids is 1. The molecule has 0 radical (unpaired) electrons. The van der Waals surface area contributed by atoms with Crippen LogP contribution in [-0.4, -0.2) is 22.6 Å². The summed E-state index contributed by atoms with van der Waals surface area (Å²) in [7, 11) is 0. The van der Waals surface area contributed by atoms with Crippen LogP contribution < -0.4 is 10.6 Å². The second-order valence-corrected chi connectivity index (χ2v) is 4.45. The molecule has 7 heteroatoms. The van der Waals surface area contributed by atoms with Gasteiger partial charge in [-0.2, -0.15) is 0 Å². The van der Waals surface area contributed by atoms with E-state index in [-0.39, 0.29) is 5.69 Å². The van der Waals surface area contributed by atoms with Gasteiger partial charge < -0.3 is 15.7 Å². The second-order valence-electron chi connectivity index (χ2n) is 4.45. The molecule has 1 aliphatic carbocycles. The number of benzene rings is 1. The summed E-state index contributed by atoms with van der Waals surface area (Å²) in [5, 5.41) is 13.6. The van der Waals surface area contributed by atoms with Crippen molar-refractivity contribution in [3.8, 4) is 0 Å². The Bertz CT molecular complexity index is 530. The average Bonchev–Trinajstić information content (AvgIpc) is 2.28. The van der Waals surface area contributed by atoms with Gasteiger partial charge in [-0.3, -0.25) is 0 Å². The average molecular weight is 270 g/mol. The number of carboxylic acids is 1. The van der Waals surface area contributed by atoms with Crippen molar-refractivity contribution in [3.05, 3.63) is 29.8 Å². The van der Waals surface area contributed by atoms with Crippen LogP contribution in [0.4, 0.5) is 19.3 Å². The minimum absolute atomic E-state index is 0.0521. The number of carbonyl (C=O) groups is 2. The lowest BCUT2D eigenvalue weighted by Crippen LogP contribution is -2.60. The predicted molar refractivity (Wildman–Crippen MR) is 62.7 cm³/mol. The second kappa shape index (κ2) is 4.83. The lowest BCUT2D eigenvalue weighted by Gasteiger charge is -2.38. The number of rotatable bonds is 3. The van der Waals surface area contributed by atoms with Crippen LogP contribution in [0.2, 0.25) is 0 Å². The molecule has 0 saturated heterocycles. The molecular weight excluding hydrogens is 258 g/mol. The van der Waals surface area contributed by atoms with Crippen LogP contribution in [0.15, 0.2) is 18.2 Å². The number of amides is 2.